The number of H-pyrrole nitrogens is 1. The average Bonchev–Trinajstić information content (AvgIpc) is 3.21. The predicted molar refractivity (Wildman–Crippen MR) is 118 cm³/mol. The zero-order valence-corrected chi connectivity index (χ0v) is 18.0. The van der Waals surface area contributed by atoms with Crippen LogP contribution in [0.3, 0.4) is 0 Å². The van der Waals surface area contributed by atoms with Gasteiger partial charge in [-0.2, -0.15) is 13.8 Å². The molecule has 0 bridgehead atoms. The van der Waals surface area contributed by atoms with E-state index in [0.29, 0.717) is 17.2 Å². The van der Waals surface area contributed by atoms with E-state index < -0.39 is 6.61 Å². The highest BCUT2D eigenvalue weighted by atomic mass is 19.3. The number of amides is 1. The summed E-state index contributed by atoms with van der Waals surface area (Å²) in [5.74, 6) is 0.372. The van der Waals surface area contributed by atoms with Gasteiger partial charge >= 0.3 is 6.61 Å². The number of benzene rings is 1. The molecule has 1 saturated heterocycles. The Morgan fingerprint density at radius 3 is 2.62 bits per heavy atom. The van der Waals surface area contributed by atoms with Crippen molar-refractivity contribution in [3.05, 3.63) is 42.2 Å². The molecule has 0 radical (unpaired) electrons. The number of alkyl halides is 2. The molecule has 1 fully saturated rings. The number of carbonyl (C=O) groups excluding carboxylic acids is 1. The maximum Gasteiger partial charge on any atom is 0.345 e. The summed E-state index contributed by atoms with van der Waals surface area (Å²) in [6.07, 6.45) is 3.52. The number of hydrogen-bond acceptors (Lipinski definition) is 6. The minimum Gasteiger partial charge on any atom is -0.349 e. The van der Waals surface area contributed by atoms with Gasteiger partial charge < -0.3 is 24.8 Å². The van der Waals surface area contributed by atoms with Gasteiger partial charge in [0.05, 0.1) is 6.61 Å². The van der Waals surface area contributed by atoms with Crippen molar-refractivity contribution in [3.63, 3.8) is 0 Å². The quantitative estimate of drug-likeness (QED) is 0.583. The molecule has 170 valence electrons. The topological polar surface area (TPSA) is 86.4 Å². The number of nitrogens with one attached hydrogen (secondary N) is 2. The lowest BCUT2D eigenvalue weighted by atomic mass is 10.0. The molecule has 8 nitrogen and oxygen atoms in total. The standard InChI is InChI=1S/C22H26F2N6O2/c1-14(13-32-21(23)24)27-22-26-12-18-17(11-25-19(18)28-22)15-3-5-16(6-4-15)20(31)30-9-7-29(2)8-10-30/h3-6,11-12,14,21H,7-10,13H2,1-2H3,(H2,25,26,27,28)/t14-/m0/s1. The Labute approximate surface area is 184 Å². The second-order valence-electron chi connectivity index (χ2n) is 7.97. The van der Waals surface area contributed by atoms with Crippen molar-refractivity contribution in [3.8, 4) is 11.1 Å². The number of carbonyl (C=O) groups is 1. The number of likely N-dealkylation sites (N-methyl/N-ethyl adjacent to an activating group) is 1. The van der Waals surface area contributed by atoms with Crippen molar-refractivity contribution >= 4 is 22.9 Å². The first-order valence-electron chi connectivity index (χ1n) is 10.5. The summed E-state index contributed by atoms with van der Waals surface area (Å²) in [5, 5.41) is 3.77. The fourth-order valence-corrected chi connectivity index (χ4v) is 3.68. The SMILES string of the molecule is C[C@@H](COC(F)F)Nc1ncc2c(-c3ccc(C(=O)N4CCN(C)CC4)cc3)c[nH]c2n1. The third-order valence-electron chi connectivity index (χ3n) is 5.51. The van der Waals surface area contributed by atoms with E-state index in [4.69, 9.17) is 0 Å². The fraction of sp³-hybridized carbons (Fsp3) is 0.409. The highest BCUT2D eigenvalue weighted by Crippen LogP contribution is 2.28. The van der Waals surface area contributed by atoms with E-state index in [9.17, 15) is 13.6 Å². The maximum absolute atomic E-state index is 12.7. The Hall–Kier alpha value is -3.11. The number of rotatable bonds is 7. The van der Waals surface area contributed by atoms with Crippen LogP contribution in [0.2, 0.25) is 0 Å². The predicted octanol–water partition coefficient (Wildman–Crippen LogP) is 3.05. The van der Waals surface area contributed by atoms with Crippen molar-refractivity contribution < 1.29 is 18.3 Å². The highest BCUT2D eigenvalue weighted by molar-refractivity contribution is 5.97. The lowest BCUT2D eigenvalue weighted by Gasteiger charge is -2.32. The summed E-state index contributed by atoms with van der Waals surface area (Å²) >= 11 is 0. The molecule has 0 spiro atoms. The van der Waals surface area contributed by atoms with Crippen LogP contribution in [0.15, 0.2) is 36.7 Å². The summed E-state index contributed by atoms with van der Waals surface area (Å²) in [6, 6.07) is 7.15. The molecule has 2 N–H and O–H groups in total. The molecule has 32 heavy (non-hydrogen) atoms. The van der Waals surface area contributed by atoms with Crippen LogP contribution in [0.5, 0.6) is 0 Å². The molecule has 1 aromatic carbocycles. The molecule has 0 saturated carbocycles. The maximum atomic E-state index is 12.7. The number of piperazine rings is 1. The number of fused-ring (bicyclic) bond motifs is 1. The van der Waals surface area contributed by atoms with E-state index in [1.807, 2.05) is 35.4 Å². The molecule has 3 heterocycles. The van der Waals surface area contributed by atoms with Gasteiger partial charge in [0.2, 0.25) is 5.95 Å². The van der Waals surface area contributed by atoms with Gasteiger partial charge in [0.25, 0.3) is 5.91 Å². The summed E-state index contributed by atoms with van der Waals surface area (Å²) in [7, 11) is 2.06. The average molecular weight is 444 g/mol. The van der Waals surface area contributed by atoms with Crippen molar-refractivity contribution in [1.29, 1.82) is 0 Å². The molecule has 1 aliphatic heterocycles. The van der Waals surface area contributed by atoms with E-state index in [1.54, 1.807) is 13.1 Å². The Balaban J connectivity index is 1.46. The monoisotopic (exact) mass is 444 g/mol. The number of aromatic nitrogens is 3. The van der Waals surface area contributed by atoms with Gasteiger partial charge in [0.1, 0.15) is 5.65 Å². The van der Waals surface area contributed by atoms with Gasteiger partial charge in [-0.25, -0.2) is 4.98 Å². The van der Waals surface area contributed by atoms with Crippen LogP contribution in [-0.2, 0) is 4.74 Å². The van der Waals surface area contributed by atoms with Crippen LogP contribution < -0.4 is 5.32 Å². The van der Waals surface area contributed by atoms with E-state index >= 15 is 0 Å². The van der Waals surface area contributed by atoms with E-state index in [-0.39, 0.29) is 18.6 Å². The summed E-state index contributed by atoms with van der Waals surface area (Å²) in [4.78, 5) is 28.7. The first-order valence-corrected chi connectivity index (χ1v) is 10.5. The summed E-state index contributed by atoms with van der Waals surface area (Å²) in [5.41, 5.74) is 3.14. The van der Waals surface area contributed by atoms with Crippen molar-refractivity contribution in [2.75, 3.05) is 45.2 Å². The minimum absolute atomic E-state index is 0.0487. The van der Waals surface area contributed by atoms with Crippen molar-refractivity contribution in [2.45, 2.75) is 19.6 Å². The molecular formula is C22H26F2N6O2. The fourth-order valence-electron chi connectivity index (χ4n) is 3.68. The summed E-state index contributed by atoms with van der Waals surface area (Å²) in [6.45, 7) is 1.98. The number of anilines is 1. The van der Waals surface area contributed by atoms with E-state index in [0.717, 1.165) is 42.7 Å². The van der Waals surface area contributed by atoms with Gasteiger partial charge in [0, 0.05) is 61.1 Å². The lowest BCUT2D eigenvalue weighted by molar-refractivity contribution is -0.130. The first-order chi connectivity index (χ1) is 15.4. The Kier molecular flexibility index (Phi) is 6.61. The number of nitrogens with zero attached hydrogens (tertiary/aromatic N) is 4. The highest BCUT2D eigenvalue weighted by Gasteiger charge is 2.20. The van der Waals surface area contributed by atoms with Gasteiger partial charge in [-0.15, -0.1) is 0 Å². The first kappa shape index (κ1) is 22.1. The normalized spacial score (nSPS) is 16.0. The third-order valence-corrected chi connectivity index (χ3v) is 5.51. The van der Waals surface area contributed by atoms with Crippen LogP contribution in [0.4, 0.5) is 14.7 Å². The number of hydrogen-bond donors (Lipinski definition) is 2. The largest absolute Gasteiger partial charge is 0.349 e. The number of ether oxygens (including phenoxy) is 1. The lowest BCUT2D eigenvalue weighted by Crippen LogP contribution is -2.47. The molecule has 10 heteroatoms. The van der Waals surface area contributed by atoms with Gasteiger partial charge in [0.15, 0.2) is 0 Å². The Morgan fingerprint density at radius 1 is 1.22 bits per heavy atom. The number of halogens is 2. The molecular weight excluding hydrogens is 418 g/mol. The number of aromatic amines is 1. The van der Waals surface area contributed by atoms with Crippen molar-refractivity contribution in [1.82, 2.24) is 24.8 Å². The van der Waals surface area contributed by atoms with Crippen LogP contribution >= 0.6 is 0 Å². The molecule has 3 aromatic rings. The zero-order chi connectivity index (χ0) is 22.7. The minimum atomic E-state index is -2.81. The third kappa shape index (κ3) is 5.03. The molecule has 2 aromatic heterocycles. The second kappa shape index (κ2) is 9.58. The Morgan fingerprint density at radius 2 is 1.94 bits per heavy atom. The van der Waals surface area contributed by atoms with Crippen molar-refractivity contribution in [2.24, 2.45) is 0 Å². The van der Waals surface area contributed by atoms with Crippen LogP contribution in [0, 0.1) is 0 Å². The molecule has 1 atom stereocenters. The molecule has 1 aliphatic rings. The smallest absolute Gasteiger partial charge is 0.345 e. The molecule has 0 aliphatic carbocycles. The van der Waals surface area contributed by atoms with Crippen LogP contribution in [0.25, 0.3) is 22.2 Å². The van der Waals surface area contributed by atoms with Crippen LogP contribution in [-0.4, -0.2) is 83.1 Å². The zero-order valence-electron chi connectivity index (χ0n) is 18.0. The van der Waals surface area contributed by atoms with E-state index in [2.05, 4.69) is 37.0 Å². The summed E-state index contributed by atoms with van der Waals surface area (Å²) < 4.78 is 28.7. The van der Waals surface area contributed by atoms with Crippen LogP contribution in [0.1, 0.15) is 17.3 Å². The molecule has 1 amide bonds. The van der Waals surface area contributed by atoms with Gasteiger partial charge in [-0.05, 0) is 31.7 Å². The van der Waals surface area contributed by atoms with E-state index in [1.165, 1.54) is 0 Å². The second-order valence-corrected chi connectivity index (χ2v) is 7.97. The molecule has 0 unspecified atom stereocenters. The Bertz CT molecular complexity index is 1060. The van der Waals surface area contributed by atoms with Gasteiger partial charge in [-0.3, -0.25) is 4.79 Å². The van der Waals surface area contributed by atoms with Gasteiger partial charge in [-0.1, -0.05) is 12.1 Å². The molecule has 4 rings (SSSR count).